The molecule has 0 aliphatic rings. The van der Waals surface area contributed by atoms with E-state index in [9.17, 15) is 0 Å². The topological polar surface area (TPSA) is 95.7 Å². The molecule has 0 aliphatic carbocycles. The van der Waals surface area contributed by atoms with E-state index < -0.39 is 0 Å². The van der Waals surface area contributed by atoms with Crippen LogP contribution in [0.4, 0.5) is 5.82 Å². The molecular weight excluding hydrogens is 348 g/mol. The summed E-state index contributed by atoms with van der Waals surface area (Å²) in [6.45, 7) is 4.05. The highest BCUT2D eigenvalue weighted by Crippen LogP contribution is 2.35. The molecule has 2 N–H and O–H groups in total. The number of hydrogen-bond acceptors (Lipinski definition) is 6. The molecule has 104 valence electrons. The second kappa shape index (κ2) is 4.71. The number of hydrogen-bond donors (Lipinski definition) is 1. The molecule has 3 aromatic heterocycles. The van der Waals surface area contributed by atoms with Crippen molar-refractivity contribution in [2.75, 3.05) is 5.73 Å². The predicted molar refractivity (Wildman–Crippen MR) is 78.3 cm³/mol. The van der Waals surface area contributed by atoms with Crippen LogP contribution in [0.1, 0.15) is 19.9 Å². The molecule has 0 radical (unpaired) electrons. The summed E-state index contributed by atoms with van der Waals surface area (Å²) in [5.74, 6) is 0.728. The maximum absolute atomic E-state index is 6.12. The summed E-state index contributed by atoms with van der Waals surface area (Å²) in [4.78, 5) is 8.57. The van der Waals surface area contributed by atoms with Gasteiger partial charge in [0, 0.05) is 12.2 Å². The highest BCUT2D eigenvalue weighted by Gasteiger charge is 2.23. The third kappa shape index (κ3) is 1.87. The number of nitrogen functional groups attached to an aromatic ring is 1. The Bertz CT molecular complexity index is 796. The first-order chi connectivity index (χ1) is 9.50. The van der Waals surface area contributed by atoms with Crippen LogP contribution in [0.25, 0.3) is 22.6 Å². The first-order valence-electron chi connectivity index (χ1n) is 5.81. The molecule has 0 bridgehead atoms. The minimum atomic E-state index is 0.112. The lowest BCUT2D eigenvalue weighted by atomic mass is 10.3. The molecule has 3 rings (SSSR count). The van der Waals surface area contributed by atoms with Crippen LogP contribution in [-0.2, 0) is 0 Å². The van der Waals surface area contributed by atoms with E-state index in [4.69, 9.17) is 17.3 Å². The highest BCUT2D eigenvalue weighted by atomic mass is 79.9. The van der Waals surface area contributed by atoms with Crippen molar-refractivity contribution in [2.45, 2.75) is 19.9 Å². The number of nitrogens with two attached hydrogens (primary N) is 1. The van der Waals surface area contributed by atoms with Gasteiger partial charge in [0.2, 0.25) is 0 Å². The van der Waals surface area contributed by atoms with Crippen molar-refractivity contribution in [1.29, 1.82) is 0 Å². The van der Waals surface area contributed by atoms with E-state index in [1.165, 1.54) is 0 Å². The Morgan fingerprint density at radius 2 is 2.15 bits per heavy atom. The zero-order valence-corrected chi connectivity index (χ0v) is 13.0. The van der Waals surface area contributed by atoms with Gasteiger partial charge in [0.25, 0.3) is 0 Å². The summed E-state index contributed by atoms with van der Waals surface area (Å²) >= 11 is 9.59. The summed E-state index contributed by atoms with van der Waals surface area (Å²) < 4.78 is 7.40. The van der Waals surface area contributed by atoms with E-state index in [1.54, 1.807) is 6.20 Å². The summed E-state index contributed by atoms with van der Waals surface area (Å²) in [6, 6.07) is 0.112. The van der Waals surface area contributed by atoms with E-state index >= 15 is 0 Å². The lowest BCUT2D eigenvalue weighted by Crippen LogP contribution is -2.05. The normalized spacial score (nSPS) is 11.7. The number of halogens is 2. The molecule has 0 spiro atoms. The van der Waals surface area contributed by atoms with Gasteiger partial charge < -0.3 is 10.3 Å². The Labute approximate surface area is 127 Å². The van der Waals surface area contributed by atoms with E-state index in [0.29, 0.717) is 22.2 Å². The van der Waals surface area contributed by atoms with Crippen molar-refractivity contribution in [1.82, 2.24) is 24.8 Å². The Hall–Kier alpha value is -1.67. The number of rotatable bonds is 2. The Morgan fingerprint density at radius 1 is 1.40 bits per heavy atom. The molecule has 0 aromatic carbocycles. The van der Waals surface area contributed by atoms with Gasteiger partial charge in [-0.05, 0) is 40.1 Å². The van der Waals surface area contributed by atoms with Crippen LogP contribution < -0.4 is 5.73 Å². The van der Waals surface area contributed by atoms with Crippen molar-refractivity contribution in [2.24, 2.45) is 0 Å². The van der Waals surface area contributed by atoms with Gasteiger partial charge in [-0.1, -0.05) is 11.6 Å². The van der Waals surface area contributed by atoms with Gasteiger partial charge in [-0.3, -0.25) is 0 Å². The summed E-state index contributed by atoms with van der Waals surface area (Å²) in [7, 11) is 0. The standard InChI is InChI=1S/C11H10BrClN6O/c1-4(2)19-8-5(12)3-15-9(13)6(8)16-11(19)7-10(14)18-20-17-7/h3-4H,1-2H3,(H2,14,18). The molecule has 7 nitrogen and oxygen atoms in total. The van der Waals surface area contributed by atoms with Gasteiger partial charge in [-0.15, -0.1) is 0 Å². The third-order valence-corrected chi connectivity index (χ3v) is 3.72. The molecule has 9 heteroatoms. The summed E-state index contributed by atoms with van der Waals surface area (Å²) in [5, 5.41) is 7.72. The first kappa shape index (κ1) is 13.3. The molecule has 0 unspecified atom stereocenters. The SMILES string of the molecule is CC(C)n1c(-c2nonc2N)nc2c(Cl)ncc(Br)c21. The van der Waals surface area contributed by atoms with Crippen LogP contribution >= 0.6 is 27.5 Å². The molecule has 3 aromatic rings. The van der Waals surface area contributed by atoms with Crippen LogP contribution in [0.5, 0.6) is 0 Å². The predicted octanol–water partition coefficient (Wildman–Crippen LogP) is 3.06. The Kier molecular flexibility index (Phi) is 3.14. The molecule has 0 saturated carbocycles. The number of pyridine rings is 1. The fourth-order valence-corrected chi connectivity index (χ4v) is 2.72. The van der Waals surface area contributed by atoms with Crippen molar-refractivity contribution in [3.05, 3.63) is 15.8 Å². The molecule has 0 fully saturated rings. The third-order valence-electron chi connectivity index (χ3n) is 2.87. The van der Waals surface area contributed by atoms with Crippen LogP contribution in [0.15, 0.2) is 15.3 Å². The maximum Gasteiger partial charge on any atom is 0.199 e. The van der Waals surface area contributed by atoms with E-state index in [0.717, 1.165) is 9.99 Å². The molecule has 0 amide bonds. The molecule has 3 heterocycles. The van der Waals surface area contributed by atoms with Gasteiger partial charge in [0.1, 0.15) is 5.52 Å². The second-order valence-electron chi connectivity index (χ2n) is 4.49. The zero-order valence-electron chi connectivity index (χ0n) is 10.6. The number of imidazole rings is 1. The summed E-state index contributed by atoms with van der Waals surface area (Å²) in [6.07, 6.45) is 1.64. The Morgan fingerprint density at radius 3 is 2.75 bits per heavy atom. The number of nitrogens with zero attached hydrogens (tertiary/aromatic N) is 5. The van der Waals surface area contributed by atoms with Crippen LogP contribution in [0.3, 0.4) is 0 Å². The lowest BCUT2D eigenvalue weighted by Gasteiger charge is -2.12. The van der Waals surface area contributed by atoms with Crippen LogP contribution in [0.2, 0.25) is 5.15 Å². The van der Waals surface area contributed by atoms with E-state index in [-0.39, 0.29) is 11.9 Å². The summed E-state index contributed by atoms with van der Waals surface area (Å²) in [5.41, 5.74) is 7.55. The monoisotopic (exact) mass is 356 g/mol. The minimum absolute atomic E-state index is 0.112. The first-order valence-corrected chi connectivity index (χ1v) is 6.98. The molecule has 0 saturated heterocycles. The van der Waals surface area contributed by atoms with Gasteiger partial charge in [0.05, 0.1) is 9.99 Å². The lowest BCUT2D eigenvalue weighted by molar-refractivity contribution is 0.310. The minimum Gasteiger partial charge on any atom is -0.379 e. The number of fused-ring (bicyclic) bond motifs is 1. The quantitative estimate of drug-likeness (QED) is 0.708. The highest BCUT2D eigenvalue weighted by molar-refractivity contribution is 9.10. The van der Waals surface area contributed by atoms with Gasteiger partial charge in [-0.25, -0.2) is 14.6 Å². The van der Waals surface area contributed by atoms with Gasteiger partial charge in [-0.2, -0.15) is 0 Å². The zero-order chi connectivity index (χ0) is 14.4. The van der Waals surface area contributed by atoms with Crippen LogP contribution in [-0.4, -0.2) is 24.8 Å². The molecule has 0 atom stereocenters. The Balaban J connectivity index is 2.44. The second-order valence-corrected chi connectivity index (χ2v) is 5.70. The van der Waals surface area contributed by atoms with Crippen molar-refractivity contribution in [3.63, 3.8) is 0 Å². The van der Waals surface area contributed by atoms with Gasteiger partial charge in [0.15, 0.2) is 22.5 Å². The van der Waals surface area contributed by atoms with E-state index in [1.807, 2.05) is 18.4 Å². The van der Waals surface area contributed by atoms with Crippen LogP contribution in [0, 0.1) is 0 Å². The van der Waals surface area contributed by atoms with E-state index in [2.05, 4.69) is 40.8 Å². The van der Waals surface area contributed by atoms with Crippen molar-refractivity contribution < 1.29 is 4.63 Å². The van der Waals surface area contributed by atoms with Crippen molar-refractivity contribution >= 4 is 44.4 Å². The molecular formula is C11H10BrClN6O. The fraction of sp³-hybridized carbons (Fsp3) is 0.273. The average molecular weight is 358 g/mol. The smallest absolute Gasteiger partial charge is 0.199 e. The van der Waals surface area contributed by atoms with Gasteiger partial charge >= 0.3 is 0 Å². The molecule has 0 aliphatic heterocycles. The maximum atomic E-state index is 6.12. The largest absolute Gasteiger partial charge is 0.379 e. The average Bonchev–Trinajstić information content (AvgIpc) is 2.97. The fourth-order valence-electron chi connectivity index (χ4n) is 2.06. The van der Waals surface area contributed by atoms with Crippen molar-refractivity contribution in [3.8, 4) is 11.5 Å². The molecule has 20 heavy (non-hydrogen) atoms. The number of aromatic nitrogens is 5. The number of anilines is 1.